The topological polar surface area (TPSA) is 33.7 Å². The molecular formula is C13H26N2O2. The van der Waals surface area contributed by atoms with Gasteiger partial charge in [0.2, 0.25) is 0 Å². The molecule has 4 nitrogen and oxygen atoms in total. The molecule has 1 aliphatic heterocycles. The first kappa shape index (κ1) is 13.3. The van der Waals surface area contributed by atoms with Crippen molar-refractivity contribution in [2.75, 3.05) is 46.5 Å². The molecule has 17 heavy (non-hydrogen) atoms. The van der Waals surface area contributed by atoms with Crippen LogP contribution in [0.4, 0.5) is 0 Å². The summed E-state index contributed by atoms with van der Waals surface area (Å²) in [6, 6.07) is 0.565. The highest BCUT2D eigenvalue weighted by atomic mass is 16.5. The number of hydrogen-bond donors (Lipinski definition) is 1. The van der Waals surface area contributed by atoms with E-state index in [-0.39, 0.29) is 0 Å². The molecule has 0 bridgehead atoms. The molecule has 2 rings (SSSR count). The molecule has 1 heterocycles. The Hall–Kier alpha value is -0.160. The highest BCUT2D eigenvalue weighted by Crippen LogP contribution is 2.20. The van der Waals surface area contributed by atoms with Gasteiger partial charge in [0, 0.05) is 39.3 Å². The zero-order chi connectivity index (χ0) is 11.9. The Bertz CT molecular complexity index is 208. The van der Waals surface area contributed by atoms with Crippen LogP contribution in [0, 0.1) is 0 Å². The molecule has 0 aromatic rings. The second-order valence-electron chi connectivity index (χ2n) is 5.07. The molecule has 1 saturated carbocycles. The fourth-order valence-corrected chi connectivity index (χ4v) is 2.85. The van der Waals surface area contributed by atoms with E-state index in [0.29, 0.717) is 12.1 Å². The quantitative estimate of drug-likeness (QED) is 0.775. The third-order valence-electron chi connectivity index (χ3n) is 3.94. The lowest BCUT2D eigenvalue weighted by Crippen LogP contribution is -2.47. The van der Waals surface area contributed by atoms with Gasteiger partial charge in [0.15, 0.2) is 0 Å². The van der Waals surface area contributed by atoms with Gasteiger partial charge in [-0.3, -0.25) is 4.90 Å². The third kappa shape index (κ3) is 4.21. The van der Waals surface area contributed by atoms with Crippen LogP contribution < -0.4 is 5.32 Å². The Morgan fingerprint density at radius 1 is 1.24 bits per heavy atom. The monoisotopic (exact) mass is 242 g/mol. The zero-order valence-corrected chi connectivity index (χ0v) is 11.0. The molecule has 2 fully saturated rings. The maximum Gasteiger partial charge on any atom is 0.0724 e. The predicted octanol–water partition coefficient (Wildman–Crippen LogP) is 0.866. The zero-order valence-electron chi connectivity index (χ0n) is 11.0. The molecule has 0 amide bonds. The minimum atomic E-state index is 0.424. The molecule has 100 valence electrons. The average Bonchev–Trinajstić information content (AvgIpc) is 2.40. The first-order valence-corrected chi connectivity index (χ1v) is 6.96. The average molecular weight is 242 g/mol. The summed E-state index contributed by atoms with van der Waals surface area (Å²) >= 11 is 0. The molecule has 0 radical (unpaired) electrons. The van der Waals surface area contributed by atoms with Crippen molar-refractivity contribution in [2.24, 2.45) is 0 Å². The first-order chi connectivity index (χ1) is 8.40. The van der Waals surface area contributed by atoms with Gasteiger partial charge in [-0.1, -0.05) is 12.8 Å². The number of hydrogen-bond acceptors (Lipinski definition) is 4. The van der Waals surface area contributed by atoms with E-state index in [1.807, 2.05) is 7.11 Å². The Morgan fingerprint density at radius 3 is 2.76 bits per heavy atom. The summed E-state index contributed by atoms with van der Waals surface area (Å²) in [5, 5.41) is 3.66. The SMILES string of the molecule is COC1CCCCC1NCCN1CCOCC1. The molecule has 2 atom stereocenters. The number of nitrogens with one attached hydrogen (secondary N) is 1. The van der Waals surface area contributed by atoms with Crippen LogP contribution in [0.1, 0.15) is 25.7 Å². The first-order valence-electron chi connectivity index (χ1n) is 6.96. The van der Waals surface area contributed by atoms with Crippen LogP contribution in [-0.2, 0) is 9.47 Å². The molecule has 2 aliphatic rings. The second-order valence-corrected chi connectivity index (χ2v) is 5.07. The van der Waals surface area contributed by atoms with Crippen molar-refractivity contribution in [1.29, 1.82) is 0 Å². The van der Waals surface area contributed by atoms with Gasteiger partial charge < -0.3 is 14.8 Å². The van der Waals surface area contributed by atoms with Gasteiger partial charge in [-0.05, 0) is 12.8 Å². The van der Waals surface area contributed by atoms with Gasteiger partial charge in [0.1, 0.15) is 0 Å². The number of morpholine rings is 1. The van der Waals surface area contributed by atoms with Gasteiger partial charge in [-0.15, -0.1) is 0 Å². The van der Waals surface area contributed by atoms with Gasteiger partial charge in [0.25, 0.3) is 0 Å². The lowest BCUT2D eigenvalue weighted by Gasteiger charge is -2.32. The van der Waals surface area contributed by atoms with Crippen LogP contribution >= 0.6 is 0 Å². The minimum Gasteiger partial charge on any atom is -0.380 e. The number of rotatable bonds is 5. The Balaban J connectivity index is 1.62. The lowest BCUT2D eigenvalue weighted by atomic mass is 9.92. The molecule has 0 spiro atoms. The van der Waals surface area contributed by atoms with Crippen molar-refractivity contribution in [1.82, 2.24) is 10.2 Å². The van der Waals surface area contributed by atoms with Crippen molar-refractivity contribution in [3.05, 3.63) is 0 Å². The second kappa shape index (κ2) is 7.31. The van der Waals surface area contributed by atoms with E-state index in [4.69, 9.17) is 9.47 Å². The molecule has 1 N–H and O–H groups in total. The van der Waals surface area contributed by atoms with Gasteiger partial charge in [-0.25, -0.2) is 0 Å². The molecule has 0 aromatic carbocycles. The summed E-state index contributed by atoms with van der Waals surface area (Å²) < 4.78 is 10.9. The van der Waals surface area contributed by atoms with Crippen molar-refractivity contribution in [3.63, 3.8) is 0 Å². The molecule has 0 aromatic heterocycles. The van der Waals surface area contributed by atoms with E-state index in [2.05, 4.69) is 10.2 Å². The summed E-state index contributed by atoms with van der Waals surface area (Å²) in [6.07, 6.45) is 5.57. The Labute approximate surface area is 105 Å². The van der Waals surface area contributed by atoms with Crippen molar-refractivity contribution in [3.8, 4) is 0 Å². The standard InChI is InChI=1S/C13H26N2O2/c1-16-13-5-3-2-4-12(13)14-6-7-15-8-10-17-11-9-15/h12-14H,2-11H2,1H3. The number of nitrogens with zero attached hydrogens (tertiary/aromatic N) is 1. The number of methoxy groups -OCH3 is 1. The number of ether oxygens (including phenoxy) is 2. The summed E-state index contributed by atoms with van der Waals surface area (Å²) in [7, 11) is 1.84. The maximum atomic E-state index is 5.55. The van der Waals surface area contributed by atoms with E-state index >= 15 is 0 Å². The van der Waals surface area contributed by atoms with Crippen molar-refractivity contribution < 1.29 is 9.47 Å². The van der Waals surface area contributed by atoms with Gasteiger partial charge in [-0.2, -0.15) is 0 Å². The molecular weight excluding hydrogens is 216 g/mol. The van der Waals surface area contributed by atoms with Gasteiger partial charge in [0.05, 0.1) is 19.3 Å². The Kier molecular flexibility index (Phi) is 5.71. The van der Waals surface area contributed by atoms with Crippen LogP contribution in [0.2, 0.25) is 0 Å². The van der Waals surface area contributed by atoms with E-state index in [9.17, 15) is 0 Å². The van der Waals surface area contributed by atoms with E-state index in [1.54, 1.807) is 0 Å². The minimum absolute atomic E-state index is 0.424. The van der Waals surface area contributed by atoms with Crippen LogP contribution in [0.25, 0.3) is 0 Å². The highest BCUT2D eigenvalue weighted by Gasteiger charge is 2.24. The van der Waals surface area contributed by atoms with Crippen molar-refractivity contribution in [2.45, 2.75) is 37.8 Å². The normalized spacial score (nSPS) is 31.6. The van der Waals surface area contributed by atoms with Crippen LogP contribution in [0.15, 0.2) is 0 Å². The van der Waals surface area contributed by atoms with Crippen molar-refractivity contribution >= 4 is 0 Å². The largest absolute Gasteiger partial charge is 0.380 e. The highest BCUT2D eigenvalue weighted by molar-refractivity contribution is 4.81. The van der Waals surface area contributed by atoms with E-state index in [0.717, 1.165) is 39.4 Å². The van der Waals surface area contributed by atoms with E-state index < -0.39 is 0 Å². The maximum absolute atomic E-state index is 5.55. The molecule has 1 saturated heterocycles. The fourth-order valence-electron chi connectivity index (χ4n) is 2.85. The molecule has 2 unspecified atom stereocenters. The summed E-state index contributed by atoms with van der Waals surface area (Å²) in [5.41, 5.74) is 0. The van der Waals surface area contributed by atoms with Crippen LogP contribution in [0.5, 0.6) is 0 Å². The third-order valence-corrected chi connectivity index (χ3v) is 3.94. The fraction of sp³-hybridized carbons (Fsp3) is 1.00. The smallest absolute Gasteiger partial charge is 0.0724 e. The van der Waals surface area contributed by atoms with Crippen LogP contribution in [0.3, 0.4) is 0 Å². The summed E-state index contributed by atoms with van der Waals surface area (Å²) in [4.78, 5) is 2.47. The summed E-state index contributed by atoms with van der Waals surface area (Å²) in [5.74, 6) is 0. The molecule has 1 aliphatic carbocycles. The summed E-state index contributed by atoms with van der Waals surface area (Å²) in [6.45, 7) is 6.16. The predicted molar refractivity (Wildman–Crippen MR) is 68.3 cm³/mol. The van der Waals surface area contributed by atoms with Gasteiger partial charge >= 0.3 is 0 Å². The lowest BCUT2D eigenvalue weighted by molar-refractivity contribution is 0.0292. The van der Waals surface area contributed by atoms with E-state index in [1.165, 1.54) is 25.7 Å². The Morgan fingerprint density at radius 2 is 2.00 bits per heavy atom. The van der Waals surface area contributed by atoms with Crippen LogP contribution in [-0.4, -0.2) is 63.5 Å². The molecule has 4 heteroatoms.